The summed E-state index contributed by atoms with van der Waals surface area (Å²) in [5, 5.41) is 3.49. The molecule has 2 saturated heterocycles. The van der Waals surface area contributed by atoms with E-state index in [1.54, 1.807) is 11.0 Å². The molecule has 2 aliphatic rings. The van der Waals surface area contributed by atoms with Crippen molar-refractivity contribution in [2.75, 3.05) is 38.1 Å². The van der Waals surface area contributed by atoms with Gasteiger partial charge in [0.1, 0.15) is 6.10 Å². The number of urea groups is 1. The summed E-state index contributed by atoms with van der Waals surface area (Å²) in [6, 6.07) is 5.29. The van der Waals surface area contributed by atoms with Crippen LogP contribution in [0.3, 0.4) is 0 Å². The molecule has 25 heavy (non-hydrogen) atoms. The molecule has 3 rings (SSSR count). The van der Waals surface area contributed by atoms with E-state index in [-0.39, 0.29) is 18.0 Å². The number of halogens is 1. The third-order valence-electron chi connectivity index (χ3n) is 4.76. The summed E-state index contributed by atoms with van der Waals surface area (Å²) in [7, 11) is 0. The van der Waals surface area contributed by atoms with Crippen LogP contribution in [0.4, 0.5) is 10.5 Å². The first kappa shape index (κ1) is 18.0. The fourth-order valence-electron chi connectivity index (χ4n) is 3.14. The standard InChI is InChI=1S/C18H24ClN3O3/c1-13-5-6-14(12-15(13)19)20-18(24)22-9-7-21(8-10-22)17(23)16-4-2-3-11-25-16/h5-6,12,16H,2-4,7-11H2,1H3,(H,20,24). The highest BCUT2D eigenvalue weighted by Gasteiger charge is 2.30. The van der Waals surface area contributed by atoms with Crippen molar-refractivity contribution < 1.29 is 14.3 Å². The van der Waals surface area contributed by atoms with Crippen molar-refractivity contribution in [2.24, 2.45) is 0 Å². The van der Waals surface area contributed by atoms with E-state index in [1.807, 2.05) is 24.0 Å². The lowest BCUT2D eigenvalue weighted by molar-refractivity contribution is -0.147. The molecule has 1 unspecified atom stereocenters. The number of ether oxygens (including phenoxy) is 1. The van der Waals surface area contributed by atoms with Crippen molar-refractivity contribution >= 4 is 29.2 Å². The third-order valence-corrected chi connectivity index (χ3v) is 5.16. The van der Waals surface area contributed by atoms with Gasteiger partial charge in [-0.15, -0.1) is 0 Å². The minimum atomic E-state index is -0.302. The van der Waals surface area contributed by atoms with Gasteiger partial charge >= 0.3 is 6.03 Å². The van der Waals surface area contributed by atoms with Crippen LogP contribution in [0.1, 0.15) is 24.8 Å². The molecular formula is C18H24ClN3O3. The molecule has 0 radical (unpaired) electrons. The fourth-order valence-corrected chi connectivity index (χ4v) is 3.32. The monoisotopic (exact) mass is 365 g/mol. The molecule has 0 aliphatic carbocycles. The van der Waals surface area contributed by atoms with Crippen molar-refractivity contribution in [2.45, 2.75) is 32.3 Å². The summed E-state index contributed by atoms with van der Waals surface area (Å²) in [5.74, 6) is 0.0603. The van der Waals surface area contributed by atoms with Crippen molar-refractivity contribution in [3.05, 3.63) is 28.8 Å². The largest absolute Gasteiger partial charge is 0.368 e. The van der Waals surface area contributed by atoms with Gasteiger partial charge in [0, 0.05) is 43.5 Å². The lowest BCUT2D eigenvalue weighted by atomic mass is 10.1. The molecule has 0 saturated carbocycles. The lowest BCUT2D eigenvalue weighted by Crippen LogP contribution is -2.54. The zero-order chi connectivity index (χ0) is 17.8. The van der Waals surface area contributed by atoms with Crippen LogP contribution in [-0.2, 0) is 9.53 Å². The Labute approximate surface area is 153 Å². The molecule has 2 aliphatic heterocycles. The molecule has 1 aromatic carbocycles. The van der Waals surface area contributed by atoms with E-state index in [9.17, 15) is 9.59 Å². The SMILES string of the molecule is Cc1ccc(NC(=O)N2CCN(C(=O)C3CCCCO3)CC2)cc1Cl. The molecule has 1 N–H and O–H groups in total. The third kappa shape index (κ3) is 4.44. The Balaban J connectivity index is 1.50. The summed E-state index contributed by atoms with van der Waals surface area (Å²) < 4.78 is 5.57. The highest BCUT2D eigenvalue weighted by molar-refractivity contribution is 6.31. The van der Waals surface area contributed by atoms with Crippen molar-refractivity contribution in [3.8, 4) is 0 Å². The number of aryl methyl sites for hydroxylation is 1. The topological polar surface area (TPSA) is 61.9 Å². The Hall–Kier alpha value is -1.79. The molecule has 136 valence electrons. The average molecular weight is 366 g/mol. The second kappa shape index (κ2) is 8.06. The predicted octanol–water partition coefficient (Wildman–Crippen LogP) is 2.89. The van der Waals surface area contributed by atoms with Gasteiger partial charge in [-0.25, -0.2) is 4.79 Å². The van der Waals surface area contributed by atoms with Gasteiger partial charge in [0.25, 0.3) is 5.91 Å². The number of benzene rings is 1. The molecule has 0 spiro atoms. The first-order valence-corrected chi connectivity index (χ1v) is 9.15. The van der Waals surface area contributed by atoms with Gasteiger partial charge in [-0.1, -0.05) is 17.7 Å². The number of nitrogens with zero attached hydrogens (tertiary/aromatic N) is 2. The quantitative estimate of drug-likeness (QED) is 0.876. The minimum Gasteiger partial charge on any atom is -0.368 e. The van der Waals surface area contributed by atoms with E-state index >= 15 is 0 Å². The molecule has 3 amide bonds. The molecule has 7 heteroatoms. The Bertz CT molecular complexity index is 638. The molecule has 2 heterocycles. The number of piperazine rings is 1. The van der Waals surface area contributed by atoms with Gasteiger partial charge in [-0.3, -0.25) is 4.79 Å². The van der Waals surface area contributed by atoms with Crippen LogP contribution in [0.5, 0.6) is 0 Å². The van der Waals surface area contributed by atoms with Gasteiger partial charge in [-0.05, 0) is 43.9 Å². The average Bonchev–Trinajstić information content (AvgIpc) is 2.65. The number of hydrogen-bond donors (Lipinski definition) is 1. The minimum absolute atomic E-state index is 0.0603. The molecule has 2 fully saturated rings. The maximum Gasteiger partial charge on any atom is 0.321 e. The number of anilines is 1. The van der Waals surface area contributed by atoms with Crippen LogP contribution in [0.25, 0.3) is 0 Å². The van der Waals surface area contributed by atoms with E-state index in [2.05, 4.69) is 5.32 Å². The number of amides is 3. The summed E-state index contributed by atoms with van der Waals surface area (Å²) in [4.78, 5) is 28.4. The smallest absolute Gasteiger partial charge is 0.321 e. The van der Waals surface area contributed by atoms with Crippen molar-refractivity contribution in [1.29, 1.82) is 0 Å². The van der Waals surface area contributed by atoms with Crippen LogP contribution in [-0.4, -0.2) is 60.6 Å². The van der Waals surface area contributed by atoms with E-state index in [0.717, 1.165) is 24.8 Å². The summed E-state index contributed by atoms with van der Waals surface area (Å²) in [5.41, 5.74) is 1.64. The van der Waals surface area contributed by atoms with Crippen molar-refractivity contribution in [3.63, 3.8) is 0 Å². The Kier molecular flexibility index (Phi) is 5.81. The van der Waals surface area contributed by atoms with Crippen molar-refractivity contribution in [1.82, 2.24) is 9.80 Å². The fraction of sp³-hybridized carbons (Fsp3) is 0.556. The van der Waals surface area contributed by atoms with Gasteiger partial charge < -0.3 is 19.9 Å². The Morgan fingerprint density at radius 3 is 2.52 bits per heavy atom. The van der Waals surface area contributed by atoms with Gasteiger partial charge in [-0.2, -0.15) is 0 Å². The molecule has 0 aromatic heterocycles. The van der Waals surface area contributed by atoms with E-state index < -0.39 is 0 Å². The zero-order valence-corrected chi connectivity index (χ0v) is 15.2. The molecule has 1 atom stereocenters. The number of carbonyl (C=O) groups excluding carboxylic acids is 2. The maximum atomic E-state index is 12.5. The molecule has 1 aromatic rings. The maximum absolute atomic E-state index is 12.5. The highest BCUT2D eigenvalue weighted by Crippen LogP contribution is 2.21. The van der Waals surface area contributed by atoms with E-state index in [1.165, 1.54) is 0 Å². The summed E-state index contributed by atoms with van der Waals surface area (Å²) >= 11 is 6.09. The number of hydrogen-bond acceptors (Lipinski definition) is 3. The van der Waals surface area contributed by atoms with Crippen LogP contribution < -0.4 is 5.32 Å². The summed E-state index contributed by atoms with van der Waals surface area (Å²) in [6.45, 7) is 4.70. The van der Waals surface area contributed by atoms with Crippen LogP contribution >= 0.6 is 11.6 Å². The first-order valence-electron chi connectivity index (χ1n) is 8.77. The summed E-state index contributed by atoms with van der Waals surface area (Å²) in [6.07, 6.45) is 2.57. The number of carbonyl (C=O) groups is 2. The van der Waals surface area contributed by atoms with Gasteiger partial charge in [0.2, 0.25) is 0 Å². The molecular weight excluding hydrogens is 342 g/mol. The lowest BCUT2D eigenvalue weighted by Gasteiger charge is -2.37. The Morgan fingerprint density at radius 2 is 1.88 bits per heavy atom. The number of nitrogens with one attached hydrogen (secondary N) is 1. The second-order valence-corrected chi connectivity index (χ2v) is 6.97. The number of rotatable bonds is 2. The van der Waals surface area contributed by atoms with E-state index in [0.29, 0.717) is 43.5 Å². The highest BCUT2D eigenvalue weighted by atomic mass is 35.5. The zero-order valence-electron chi connectivity index (χ0n) is 14.5. The van der Waals surface area contributed by atoms with Gasteiger partial charge in [0.05, 0.1) is 0 Å². The van der Waals surface area contributed by atoms with Crippen LogP contribution in [0.2, 0.25) is 5.02 Å². The van der Waals surface area contributed by atoms with Crippen LogP contribution in [0.15, 0.2) is 18.2 Å². The first-order chi connectivity index (χ1) is 12.0. The normalized spacial score (nSPS) is 21.1. The van der Waals surface area contributed by atoms with Crippen LogP contribution in [0, 0.1) is 6.92 Å². The van der Waals surface area contributed by atoms with Gasteiger partial charge in [0.15, 0.2) is 0 Å². The predicted molar refractivity (Wildman–Crippen MR) is 97.0 cm³/mol. The second-order valence-electron chi connectivity index (χ2n) is 6.56. The molecule has 6 nitrogen and oxygen atoms in total. The Morgan fingerprint density at radius 1 is 1.16 bits per heavy atom. The molecule has 0 bridgehead atoms. The van der Waals surface area contributed by atoms with E-state index in [4.69, 9.17) is 16.3 Å².